The summed E-state index contributed by atoms with van der Waals surface area (Å²) in [6.07, 6.45) is 4.09. The monoisotopic (exact) mass is 439 g/mol. The maximum Gasteiger partial charge on any atom is 0.234 e. The number of aromatic nitrogens is 1. The van der Waals surface area contributed by atoms with Gasteiger partial charge in [0.05, 0.1) is 11.3 Å². The third kappa shape index (κ3) is 4.48. The molecule has 1 aromatic carbocycles. The van der Waals surface area contributed by atoms with Gasteiger partial charge in [0.15, 0.2) is 0 Å². The minimum atomic E-state index is -0.141. The summed E-state index contributed by atoms with van der Waals surface area (Å²) in [5, 5.41) is 18.1. The normalized spacial score (nSPS) is 12.8. The van der Waals surface area contributed by atoms with E-state index in [2.05, 4.69) is 22.8 Å². The molecular weight excluding hydrogens is 422 g/mol. The number of hydrogen-bond donors (Lipinski definition) is 1. The summed E-state index contributed by atoms with van der Waals surface area (Å²) in [5.41, 5.74) is 5.60. The summed E-state index contributed by atoms with van der Waals surface area (Å²) in [4.78, 5) is 17.2. The quantitative estimate of drug-likeness (QED) is 0.499. The van der Waals surface area contributed by atoms with Crippen LogP contribution in [-0.4, -0.2) is 16.6 Å². The number of carbonyl (C=O) groups is 1. The van der Waals surface area contributed by atoms with Crippen molar-refractivity contribution in [2.24, 2.45) is 0 Å². The zero-order valence-electron chi connectivity index (χ0n) is 15.6. The molecule has 0 bridgehead atoms. The maximum atomic E-state index is 12.4. The summed E-state index contributed by atoms with van der Waals surface area (Å²) in [5.74, 6) is 0.0458. The van der Waals surface area contributed by atoms with Gasteiger partial charge in [0.1, 0.15) is 11.1 Å². The highest BCUT2D eigenvalue weighted by Crippen LogP contribution is 2.38. The van der Waals surface area contributed by atoms with E-state index in [0.29, 0.717) is 21.3 Å². The number of rotatable bonds is 5. The molecule has 2 heterocycles. The largest absolute Gasteiger partial charge is 0.325 e. The molecule has 146 valence electrons. The lowest BCUT2D eigenvalue weighted by atomic mass is 9.88. The summed E-state index contributed by atoms with van der Waals surface area (Å²) in [7, 11) is 0. The Bertz CT molecular complexity index is 1070. The molecule has 0 atom stereocenters. The third-order valence-electron chi connectivity index (χ3n) is 4.83. The van der Waals surface area contributed by atoms with Gasteiger partial charge in [-0.05, 0) is 77.9 Å². The van der Waals surface area contributed by atoms with E-state index in [1.807, 2.05) is 5.38 Å². The number of thiophene rings is 1. The highest BCUT2D eigenvalue weighted by molar-refractivity contribution is 8.00. The number of amides is 1. The molecule has 0 aliphatic heterocycles. The van der Waals surface area contributed by atoms with Crippen LogP contribution in [0, 0.1) is 11.3 Å². The second-order valence-corrected chi connectivity index (χ2v) is 8.95. The molecule has 1 N–H and O–H groups in total. The van der Waals surface area contributed by atoms with Gasteiger partial charge in [-0.2, -0.15) is 16.6 Å². The molecule has 0 unspecified atom stereocenters. The number of nitrogens with zero attached hydrogens (tertiary/aromatic N) is 2. The van der Waals surface area contributed by atoms with Gasteiger partial charge in [0, 0.05) is 22.0 Å². The molecule has 29 heavy (non-hydrogen) atoms. The topological polar surface area (TPSA) is 65.8 Å². The van der Waals surface area contributed by atoms with Crippen molar-refractivity contribution >= 4 is 46.3 Å². The van der Waals surface area contributed by atoms with Crippen molar-refractivity contribution in [2.75, 3.05) is 11.1 Å². The Kier molecular flexibility index (Phi) is 6.19. The number of halogens is 1. The molecule has 4 nitrogen and oxygen atoms in total. The van der Waals surface area contributed by atoms with E-state index >= 15 is 0 Å². The number of thioether (sulfide) groups is 1. The van der Waals surface area contributed by atoms with E-state index < -0.39 is 0 Å². The summed E-state index contributed by atoms with van der Waals surface area (Å²) in [6.45, 7) is 0. The smallest absolute Gasteiger partial charge is 0.234 e. The van der Waals surface area contributed by atoms with Crippen molar-refractivity contribution < 1.29 is 4.79 Å². The summed E-state index contributed by atoms with van der Waals surface area (Å²) < 4.78 is 0. The maximum absolute atomic E-state index is 12.4. The Morgan fingerprint density at radius 3 is 2.76 bits per heavy atom. The zero-order valence-corrected chi connectivity index (χ0v) is 18.0. The van der Waals surface area contributed by atoms with E-state index in [4.69, 9.17) is 16.6 Å². The average Bonchev–Trinajstić information content (AvgIpc) is 3.27. The lowest BCUT2D eigenvalue weighted by Gasteiger charge is -2.21. The number of benzene rings is 1. The Morgan fingerprint density at radius 1 is 1.24 bits per heavy atom. The SMILES string of the molecule is N#Cc1c(SCC(=O)Nc2ccc(Cl)cc2)nc2c(c1-c1ccsc1)CCCC2. The molecule has 0 saturated heterocycles. The van der Waals surface area contributed by atoms with E-state index in [-0.39, 0.29) is 11.7 Å². The van der Waals surface area contributed by atoms with Gasteiger partial charge in [-0.3, -0.25) is 4.79 Å². The molecule has 1 amide bonds. The number of fused-ring (bicyclic) bond motifs is 1. The lowest BCUT2D eigenvalue weighted by molar-refractivity contribution is -0.113. The van der Waals surface area contributed by atoms with E-state index in [1.54, 1.807) is 35.6 Å². The fourth-order valence-electron chi connectivity index (χ4n) is 3.52. The third-order valence-corrected chi connectivity index (χ3v) is 6.74. The molecule has 2 aromatic heterocycles. The van der Waals surface area contributed by atoms with E-state index in [1.165, 1.54) is 17.3 Å². The van der Waals surface area contributed by atoms with Gasteiger partial charge in [-0.1, -0.05) is 23.4 Å². The molecule has 3 aromatic rings. The number of nitriles is 1. The number of pyridine rings is 1. The Labute approximate surface area is 182 Å². The van der Waals surface area contributed by atoms with Crippen molar-refractivity contribution in [3.05, 3.63) is 62.9 Å². The number of hydrogen-bond acceptors (Lipinski definition) is 5. The predicted octanol–water partition coefficient (Wildman–Crippen LogP) is 5.94. The van der Waals surface area contributed by atoms with Crippen LogP contribution in [0.5, 0.6) is 0 Å². The molecule has 1 aliphatic carbocycles. The van der Waals surface area contributed by atoms with Crippen LogP contribution in [0.2, 0.25) is 5.02 Å². The first-order valence-electron chi connectivity index (χ1n) is 9.32. The van der Waals surface area contributed by atoms with Crippen molar-refractivity contribution in [1.82, 2.24) is 4.98 Å². The number of aryl methyl sites for hydroxylation is 1. The Balaban J connectivity index is 1.60. The standard InChI is InChI=1S/C22H18ClN3OS2/c23-15-5-7-16(8-6-15)25-20(27)13-29-22-18(11-24)21(14-9-10-28-12-14)17-3-1-2-4-19(17)26-22/h5-10,12H,1-4,13H2,(H,25,27). The first-order valence-corrected chi connectivity index (χ1v) is 11.6. The molecule has 0 radical (unpaired) electrons. The highest BCUT2D eigenvalue weighted by atomic mass is 35.5. The number of nitrogens with one attached hydrogen (secondary N) is 1. The Hall–Kier alpha value is -2.33. The summed E-state index contributed by atoms with van der Waals surface area (Å²) >= 11 is 8.82. The zero-order chi connectivity index (χ0) is 20.2. The highest BCUT2D eigenvalue weighted by Gasteiger charge is 2.23. The van der Waals surface area contributed by atoms with Gasteiger partial charge in [-0.25, -0.2) is 4.98 Å². The molecule has 0 spiro atoms. The first-order chi connectivity index (χ1) is 14.2. The second-order valence-electron chi connectivity index (χ2n) is 6.77. The Morgan fingerprint density at radius 2 is 2.03 bits per heavy atom. The molecule has 1 aliphatic rings. The van der Waals surface area contributed by atoms with Crippen molar-refractivity contribution in [1.29, 1.82) is 5.26 Å². The minimum absolute atomic E-state index is 0.141. The number of carbonyl (C=O) groups excluding carboxylic acids is 1. The van der Waals surface area contributed by atoms with E-state index in [0.717, 1.165) is 42.5 Å². The van der Waals surface area contributed by atoms with Gasteiger partial charge < -0.3 is 5.32 Å². The average molecular weight is 440 g/mol. The molecule has 0 saturated carbocycles. The summed E-state index contributed by atoms with van der Waals surface area (Å²) in [6, 6.07) is 11.4. The molecule has 7 heteroatoms. The predicted molar refractivity (Wildman–Crippen MR) is 120 cm³/mol. The molecule has 0 fully saturated rings. The van der Waals surface area contributed by atoms with Crippen molar-refractivity contribution in [3.63, 3.8) is 0 Å². The first kappa shape index (κ1) is 20.0. The molecular formula is C22H18ClN3OS2. The van der Waals surface area contributed by atoms with Gasteiger partial charge >= 0.3 is 0 Å². The van der Waals surface area contributed by atoms with Crippen LogP contribution in [0.15, 0.2) is 46.1 Å². The van der Waals surface area contributed by atoms with Crippen molar-refractivity contribution in [3.8, 4) is 17.2 Å². The van der Waals surface area contributed by atoms with Gasteiger partial charge in [0.2, 0.25) is 5.91 Å². The van der Waals surface area contributed by atoms with Crippen LogP contribution in [-0.2, 0) is 17.6 Å². The van der Waals surface area contributed by atoms with Crippen LogP contribution in [0.25, 0.3) is 11.1 Å². The van der Waals surface area contributed by atoms with Gasteiger partial charge in [-0.15, -0.1) is 0 Å². The fourth-order valence-corrected chi connectivity index (χ4v) is 5.10. The number of anilines is 1. The fraction of sp³-hybridized carbons (Fsp3) is 0.227. The minimum Gasteiger partial charge on any atom is -0.325 e. The van der Waals surface area contributed by atoms with E-state index in [9.17, 15) is 10.1 Å². The second kappa shape index (κ2) is 9.00. The van der Waals surface area contributed by atoms with Crippen LogP contribution in [0.4, 0.5) is 5.69 Å². The van der Waals surface area contributed by atoms with Crippen LogP contribution < -0.4 is 5.32 Å². The van der Waals surface area contributed by atoms with Crippen LogP contribution >= 0.6 is 34.7 Å². The van der Waals surface area contributed by atoms with Crippen molar-refractivity contribution in [2.45, 2.75) is 30.7 Å². The van der Waals surface area contributed by atoms with Crippen LogP contribution in [0.3, 0.4) is 0 Å². The van der Waals surface area contributed by atoms with Gasteiger partial charge in [0.25, 0.3) is 0 Å². The molecule has 4 rings (SSSR count). The lowest BCUT2D eigenvalue weighted by Crippen LogP contribution is -2.15. The van der Waals surface area contributed by atoms with Crippen LogP contribution in [0.1, 0.15) is 29.7 Å².